The van der Waals surface area contributed by atoms with Crippen molar-refractivity contribution in [2.75, 3.05) is 5.73 Å². The molecule has 3 nitrogen and oxygen atoms in total. The Labute approximate surface area is 83.4 Å². The third-order valence-corrected chi connectivity index (χ3v) is 2.77. The molecule has 0 saturated heterocycles. The Bertz CT molecular complexity index is 512. The molecule has 1 aromatic carbocycles. The zero-order chi connectivity index (χ0) is 9.42. The maximum atomic E-state index is 8.70. The van der Waals surface area contributed by atoms with E-state index in [0.29, 0.717) is 15.7 Å². The van der Waals surface area contributed by atoms with Crippen LogP contribution in [0.3, 0.4) is 0 Å². The van der Waals surface area contributed by atoms with Crippen molar-refractivity contribution in [1.82, 2.24) is 4.98 Å². The summed E-state index contributed by atoms with van der Waals surface area (Å²) in [5.41, 5.74) is 6.71. The van der Waals surface area contributed by atoms with E-state index in [2.05, 4.69) is 4.98 Å². The Balaban J connectivity index is 2.82. The van der Waals surface area contributed by atoms with Crippen molar-refractivity contribution in [3.8, 4) is 6.07 Å². The van der Waals surface area contributed by atoms with Gasteiger partial charge in [0.05, 0.1) is 20.8 Å². The van der Waals surface area contributed by atoms with Crippen LogP contribution >= 0.6 is 22.9 Å². The predicted octanol–water partition coefficient (Wildman–Crippen LogP) is 2.40. The Hall–Kier alpha value is -1.31. The normalized spacial score (nSPS) is 10.2. The van der Waals surface area contributed by atoms with Gasteiger partial charge in [0.1, 0.15) is 6.07 Å². The summed E-state index contributed by atoms with van der Waals surface area (Å²) >= 11 is 7.16. The minimum absolute atomic E-state index is 0.417. The van der Waals surface area contributed by atoms with E-state index in [1.807, 2.05) is 6.07 Å². The smallest absolute Gasteiger partial charge is 0.181 e. The Morgan fingerprint density at radius 1 is 1.54 bits per heavy atom. The van der Waals surface area contributed by atoms with E-state index in [9.17, 15) is 0 Å². The maximum Gasteiger partial charge on any atom is 0.181 e. The van der Waals surface area contributed by atoms with Crippen LogP contribution in [0, 0.1) is 11.3 Å². The second kappa shape index (κ2) is 2.87. The quantitative estimate of drug-likeness (QED) is 0.725. The third kappa shape index (κ3) is 1.32. The number of nitrogens with two attached hydrogens (primary N) is 1. The molecule has 0 atom stereocenters. The number of nitriles is 1. The highest BCUT2D eigenvalue weighted by molar-refractivity contribution is 7.22. The van der Waals surface area contributed by atoms with Crippen molar-refractivity contribution in [2.24, 2.45) is 0 Å². The van der Waals surface area contributed by atoms with E-state index >= 15 is 0 Å². The molecule has 0 unspecified atom stereocenters. The number of aromatic nitrogens is 1. The molecular weight excluding hydrogens is 206 g/mol. The molecule has 64 valence electrons. The minimum atomic E-state index is 0.417. The van der Waals surface area contributed by atoms with Gasteiger partial charge in [-0.3, -0.25) is 0 Å². The van der Waals surface area contributed by atoms with Crippen LogP contribution < -0.4 is 5.73 Å². The van der Waals surface area contributed by atoms with Crippen LogP contribution in [-0.4, -0.2) is 4.98 Å². The van der Waals surface area contributed by atoms with Crippen molar-refractivity contribution in [2.45, 2.75) is 0 Å². The fraction of sp³-hybridized carbons (Fsp3) is 0. The van der Waals surface area contributed by atoms with Crippen LogP contribution in [0.2, 0.25) is 5.02 Å². The maximum absolute atomic E-state index is 8.70. The molecule has 2 N–H and O–H groups in total. The fourth-order valence-electron chi connectivity index (χ4n) is 1.05. The summed E-state index contributed by atoms with van der Waals surface area (Å²) < 4.78 is 0.887. The molecule has 2 aromatic rings. The molecule has 2 rings (SSSR count). The number of hydrogen-bond donors (Lipinski definition) is 1. The average Bonchev–Trinajstić information content (AvgIpc) is 2.42. The molecule has 0 aliphatic carbocycles. The van der Waals surface area contributed by atoms with E-state index in [1.54, 1.807) is 12.1 Å². The molecule has 5 heteroatoms. The van der Waals surface area contributed by atoms with Crippen LogP contribution in [0.15, 0.2) is 12.1 Å². The highest BCUT2D eigenvalue weighted by Crippen LogP contribution is 2.28. The van der Waals surface area contributed by atoms with Gasteiger partial charge < -0.3 is 5.73 Å². The van der Waals surface area contributed by atoms with Crippen LogP contribution in [0.4, 0.5) is 5.13 Å². The van der Waals surface area contributed by atoms with Gasteiger partial charge in [0.25, 0.3) is 0 Å². The SMILES string of the molecule is N#Cc1cc2sc(N)nc2cc1Cl. The lowest BCUT2D eigenvalue weighted by atomic mass is 10.2. The summed E-state index contributed by atoms with van der Waals surface area (Å²) in [7, 11) is 0. The van der Waals surface area contributed by atoms with Crippen molar-refractivity contribution in [1.29, 1.82) is 5.26 Å². The zero-order valence-electron chi connectivity index (χ0n) is 6.41. The lowest BCUT2D eigenvalue weighted by molar-refractivity contribution is 1.47. The molecule has 0 radical (unpaired) electrons. The average molecular weight is 210 g/mol. The number of anilines is 1. The zero-order valence-corrected chi connectivity index (χ0v) is 7.99. The fourth-order valence-corrected chi connectivity index (χ4v) is 2.01. The summed E-state index contributed by atoms with van der Waals surface area (Å²) in [5, 5.41) is 9.61. The lowest BCUT2D eigenvalue weighted by Gasteiger charge is -1.92. The second-order valence-corrected chi connectivity index (χ2v) is 3.93. The molecule has 0 amide bonds. The first-order valence-electron chi connectivity index (χ1n) is 3.46. The van der Waals surface area contributed by atoms with E-state index < -0.39 is 0 Å². The van der Waals surface area contributed by atoms with Crippen molar-refractivity contribution >= 4 is 38.3 Å². The number of nitrogens with zero attached hydrogens (tertiary/aromatic N) is 2. The van der Waals surface area contributed by atoms with Crippen molar-refractivity contribution < 1.29 is 0 Å². The summed E-state index contributed by atoms with van der Waals surface area (Å²) in [4.78, 5) is 4.05. The number of benzene rings is 1. The van der Waals surface area contributed by atoms with Crippen molar-refractivity contribution in [3.63, 3.8) is 0 Å². The van der Waals surface area contributed by atoms with Gasteiger partial charge >= 0.3 is 0 Å². The first-order chi connectivity index (χ1) is 6.20. The third-order valence-electron chi connectivity index (χ3n) is 1.61. The first kappa shape index (κ1) is 8.30. The van der Waals surface area contributed by atoms with E-state index in [1.165, 1.54) is 11.3 Å². The van der Waals surface area contributed by atoms with Gasteiger partial charge in [-0.05, 0) is 12.1 Å². The summed E-state index contributed by atoms with van der Waals surface area (Å²) in [6, 6.07) is 5.36. The predicted molar refractivity (Wildman–Crippen MR) is 53.8 cm³/mol. The molecule has 1 aromatic heterocycles. The van der Waals surface area contributed by atoms with E-state index in [4.69, 9.17) is 22.6 Å². The molecule has 0 saturated carbocycles. The van der Waals surface area contributed by atoms with Crippen LogP contribution in [0.5, 0.6) is 0 Å². The molecule has 0 bridgehead atoms. The Morgan fingerprint density at radius 2 is 2.31 bits per heavy atom. The number of hydrogen-bond acceptors (Lipinski definition) is 4. The molecule has 13 heavy (non-hydrogen) atoms. The summed E-state index contributed by atoms with van der Waals surface area (Å²) in [6.45, 7) is 0. The minimum Gasteiger partial charge on any atom is -0.375 e. The Kier molecular flexibility index (Phi) is 1.83. The molecule has 0 aliphatic rings. The Morgan fingerprint density at radius 3 is 3.00 bits per heavy atom. The number of rotatable bonds is 0. The van der Waals surface area contributed by atoms with Crippen molar-refractivity contribution in [3.05, 3.63) is 22.7 Å². The van der Waals surface area contributed by atoms with Gasteiger partial charge in [-0.25, -0.2) is 4.98 Å². The van der Waals surface area contributed by atoms with Gasteiger partial charge in [0.2, 0.25) is 0 Å². The van der Waals surface area contributed by atoms with Gasteiger partial charge in [-0.2, -0.15) is 5.26 Å². The van der Waals surface area contributed by atoms with Gasteiger partial charge in [0, 0.05) is 0 Å². The number of nitrogen functional groups attached to an aromatic ring is 1. The van der Waals surface area contributed by atoms with Gasteiger partial charge in [-0.1, -0.05) is 22.9 Å². The number of fused-ring (bicyclic) bond motifs is 1. The standard InChI is InChI=1S/C8H4ClN3S/c9-5-2-6-7(1-4(5)3-10)13-8(11)12-6/h1-2H,(H2,11,12). The van der Waals surface area contributed by atoms with Gasteiger partial charge in [-0.15, -0.1) is 0 Å². The second-order valence-electron chi connectivity index (χ2n) is 2.46. The first-order valence-corrected chi connectivity index (χ1v) is 4.66. The topological polar surface area (TPSA) is 62.7 Å². The molecule has 0 aliphatic heterocycles. The largest absolute Gasteiger partial charge is 0.375 e. The van der Waals surface area contributed by atoms with Crippen LogP contribution in [0.25, 0.3) is 10.2 Å². The number of thiazole rings is 1. The molecule has 1 heterocycles. The molecule has 0 spiro atoms. The molecular formula is C8H4ClN3S. The summed E-state index contributed by atoms with van der Waals surface area (Å²) in [6.07, 6.45) is 0. The number of halogens is 1. The van der Waals surface area contributed by atoms with Crippen LogP contribution in [0.1, 0.15) is 5.56 Å². The van der Waals surface area contributed by atoms with E-state index in [0.717, 1.165) is 10.2 Å². The van der Waals surface area contributed by atoms with Crippen LogP contribution in [-0.2, 0) is 0 Å². The highest BCUT2D eigenvalue weighted by atomic mass is 35.5. The van der Waals surface area contributed by atoms with E-state index in [-0.39, 0.29) is 0 Å². The lowest BCUT2D eigenvalue weighted by Crippen LogP contribution is -1.79. The van der Waals surface area contributed by atoms with Gasteiger partial charge in [0.15, 0.2) is 5.13 Å². The highest BCUT2D eigenvalue weighted by Gasteiger charge is 2.05. The summed E-state index contributed by atoms with van der Waals surface area (Å²) in [5.74, 6) is 0. The molecule has 0 fully saturated rings. The monoisotopic (exact) mass is 209 g/mol.